The maximum atomic E-state index is 4.19. The minimum absolute atomic E-state index is 0. The molecule has 1 nitrogen and oxygen atoms in total. The van der Waals surface area contributed by atoms with Crippen LogP contribution in [0.5, 0.6) is 0 Å². The number of rotatable bonds is 0. The van der Waals surface area contributed by atoms with Gasteiger partial charge in [-0.1, -0.05) is 0 Å². The van der Waals surface area contributed by atoms with Gasteiger partial charge < -0.3 is 0 Å². The van der Waals surface area contributed by atoms with E-state index in [-0.39, 0.29) is 38.7 Å². The molecule has 0 saturated carbocycles. The molecule has 0 unspecified atom stereocenters. The Morgan fingerprint density at radius 3 is 1.20 bits per heavy atom. The van der Waals surface area contributed by atoms with Crippen LogP contribution in [0.4, 0.5) is 0 Å². The van der Waals surface area contributed by atoms with Crippen molar-refractivity contribution in [3.8, 4) is 0 Å². The van der Waals surface area contributed by atoms with Gasteiger partial charge in [0.05, 0.1) is 0 Å². The first-order valence-corrected chi connectivity index (χ1v) is 2.07. The van der Waals surface area contributed by atoms with Gasteiger partial charge in [0.15, 0.2) is 0 Å². The molecule has 0 aliphatic carbocycles. The standard InChI is InChI=1S/Ga.I2O.Li/c;1-3-2;. The van der Waals surface area contributed by atoms with Crippen LogP contribution in [0, 0.1) is 0 Å². The van der Waals surface area contributed by atoms with E-state index in [0.717, 1.165) is 0 Å². The second-order valence-electron chi connectivity index (χ2n) is 0.0583. The molecule has 0 atom stereocenters. The zero-order chi connectivity index (χ0) is 2.71. The molecular weight excluding hydrogens is 346 g/mol. The summed E-state index contributed by atoms with van der Waals surface area (Å²) < 4.78 is 4.19. The summed E-state index contributed by atoms with van der Waals surface area (Å²) in [6, 6.07) is 0. The van der Waals surface area contributed by atoms with Gasteiger partial charge in [-0.15, -0.1) is 0 Å². The SMILES string of the molecule is IOI.[Ga].[Li]. The Balaban J connectivity index is -0.0000000200. The van der Waals surface area contributed by atoms with Crippen molar-refractivity contribution in [2.45, 2.75) is 0 Å². The first-order valence-electron chi connectivity index (χ1n) is 0.309. The van der Waals surface area contributed by atoms with Gasteiger partial charge in [0.2, 0.25) is 0 Å². The Labute approximate surface area is 84.6 Å². The van der Waals surface area contributed by atoms with Crippen molar-refractivity contribution in [3.05, 3.63) is 0 Å². The third-order valence-electron chi connectivity index (χ3n) is 0. The van der Waals surface area contributed by atoms with Crippen LogP contribution >= 0.6 is 46.0 Å². The van der Waals surface area contributed by atoms with Gasteiger partial charge in [0.1, 0.15) is 46.0 Å². The van der Waals surface area contributed by atoms with Gasteiger partial charge >= 0.3 is 0 Å². The van der Waals surface area contributed by atoms with Crippen molar-refractivity contribution in [2.75, 3.05) is 0 Å². The fraction of sp³-hybridized carbons (Fsp3) is 0. The molecule has 0 spiro atoms. The summed E-state index contributed by atoms with van der Waals surface area (Å²) in [6.07, 6.45) is 0. The largest absolute Gasteiger partial charge is 0.247 e. The monoisotopic (exact) mass is 346 g/mol. The van der Waals surface area contributed by atoms with Crippen molar-refractivity contribution in [3.63, 3.8) is 0 Å². The summed E-state index contributed by atoms with van der Waals surface area (Å²) in [6.45, 7) is 0. The molecule has 0 aromatic rings. The van der Waals surface area contributed by atoms with Crippen LogP contribution in [-0.2, 0) is 1.40 Å². The van der Waals surface area contributed by atoms with Crippen LogP contribution in [0.15, 0.2) is 0 Å². The predicted molar refractivity (Wildman–Crippen MR) is 40.6 cm³/mol. The Hall–Kier alpha value is 2.65. The zero-order valence-corrected chi connectivity index (χ0v) is 9.48. The summed E-state index contributed by atoms with van der Waals surface area (Å²) in [5.74, 6) is 0. The minimum Gasteiger partial charge on any atom is -0.247 e. The molecule has 0 aromatic carbocycles. The molecule has 0 fully saturated rings. The summed E-state index contributed by atoms with van der Waals surface area (Å²) in [5.41, 5.74) is 0. The molecule has 5 heteroatoms. The average Bonchev–Trinajstić information content (AvgIpc) is 0.918. The minimum atomic E-state index is 0. The molecule has 0 heterocycles. The molecule has 0 N–H and O–H groups in total. The molecule has 0 amide bonds. The number of hydrogen-bond donors (Lipinski definition) is 0. The number of halogens is 2. The third kappa shape index (κ3) is 20.5. The second-order valence-corrected chi connectivity index (χ2v) is 2.62. The van der Waals surface area contributed by atoms with E-state index in [0.29, 0.717) is 0 Å². The van der Waals surface area contributed by atoms with Crippen molar-refractivity contribution in [2.24, 2.45) is 0 Å². The van der Waals surface area contributed by atoms with Crippen LogP contribution in [-0.4, -0.2) is 38.7 Å². The van der Waals surface area contributed by atoms with Crippen molar-refractivity contribution in [1.29, 1.82) is 0 Å². The molecule has 0 aromatic heterocycles. The quantitative estimate of drug-likeness (QED) is 0.469. The molecule has 5 heavy (non-hydrogen) atoms. The molecule has 0 saturated heterocycles. The van der Waals surface area contributed by atoms with Crippen molar-refractivity contribution < 1.29 is 1.40 Å². The predicted octanol–water partition coefficient (Wildman–Crippen LogP) is 0.941. The first-order chi connectivity index (χ1) is 1.41. The molecule has 0 bridgehead atoms. The molecule has 4 radical (unpaired) electrons. The van der Waals surface area contributed by atoms with Gasteiger partial charge in [-0.25, -0.2) is 1.40 Å². The normalized spacial score (nSPS) is 3.60. The summed E-state index contributed by atoms with van der Waals surface area (Å²) >= 11 is 3.55. The fourth-order valence-corrected chi connectivity index (χ4v) is 0. The summed E-state index contributed by atoms with van der Waals surface area (Å²) in [7, 11) is 0. The topological polar surface area (TPSA) is 9.23 Å². The first kappa shape index (κ1) is 15.6. The zero-order valence-electron chi connectivity index (χ0n) is 2.74. The van der Waals surface area contributed by atoms with Gasteiger partial charge in [-0.2, -0.15) is 0 Å². The van der Waals surface area contributed by atoms with Gasteiger partial charge in [0, 0.05) is 38.7 Å². The summed E-state index contributed by atoms with van der Waals surface area (Å²) in [4.78, 5) is 0. The van der Waals surface area contributed by atoms with E-state index in [2.05, 4.69) is 1.40 Å². The van der Waals surface area contributed by atoms with Crippen LogP contribution in [0.3, 0.4) is 0 Å². The van der Waals surface area contributed by atoms with Crippen LogP contribution < -0.4 is 0 Å². The third-order valence-corrected chi connectivity index (χ3v) is 0. The fourth-order valence-electron chi connectivity index (χ4n) is 0. The van der Waals surface area contributed by atoms with E-state index < -0.39 is 0 Å². The molecule has 0 aliphatic rings. The Kier molecular flexibility index (Phi) is 49.9. The Morgan fingerprint density at radius 2 is 1.20 bits per heavy atom. The Bertz CT molecular complexity index is 9.61. The molecular formula is GaI2LiO. The van der Waals surface area contributed by atoms with Gasteiger partial charge in [-0.3, -0.25) is 0 Å². The van der Waals surface area contributed by atoms with Crippen LogP contribution in [0.25, 0.3) is 0 Å². The molecule has 0 aliphatic heterocycles. The van der Waals surface area contributed by atoms with Gasteiger partial charge in [-0.05, 0) is 0 Å². The maximum absolute atomic E-state index is 4.19. The number of hydrogen-bond acceptors (Lipinski definition) is 1. The van der Waals surface area contributed by atoms with E-state index in [1.54, 1.807) is 46.0 Å². The molecule has 24 valence electrons. The van der Waals surface area contributed by atoms with Crippen molar-refractivity contribution >= 4 is 84.7 Å². The maximum Gasteiger partial charge on any atom is 0.124 e. The Morgan fingerprint density at radius 1 is 1.20 bits per heavy atom. The van der Waals surface area contributed by atoms with E-state index in [9.17, 15) is 0 Å². The van der Waals surface area contributed by atoms with E-state index in [1.165, 1.54) is 0 Å². The van der Waals surface area contributed by atoms with Gasteiger partial charge in [0.25, 0.3) is 0 Å². The van der Waals surface area contributed by atoms with Crippen LogP contribution in [0.1, 0.15) is 0 Å². The second kappa shape index (κ2) is 15.9. The van der Waals surface area contributed by atoms with Crippen LogP contribution in [0.2, 0.25) is 0 Å². The van der Waals surface area contributed by atoms with Crippen molar-refractivity contribution in [1.82, 2.24) is 0 Å². The van der Waals surface area contributed by atoms with E-state index in [1.807, 2.05) is 0 Å². The van der Waals surface area contributed by atoms with E-state index >= 15 is 0 Å². The summed E-state index contributed by atoms with van der Waals surface area (Å²) in [5, 5.41) is 0. The van der Waals surface area contributed by atoms with E-state index in [4.69, 9.17) is 0 Å². The molecule has 0 rings (SSSR count). The smallest absolute Gasteiger partial charge is 0.124 e. The average molecular weight is 346 g/mol.